The summed E-state index contributed by atoms with van der Waals surface area (Å²) in [7, 11) is 0. The van der Waals surface area contributed by atoms with Gasteiger partial charge in [-0.05, 0) is 6.85 Å². The maximum Gasteiger partial charge on any atom is 0.345 e. The largest absolute Gasteiger partial charge is 0.352 e. The summed E-state index contributed by atoms with van der Waals surface area (Å²) in [5.41, 5.74) is -2.26. The summed E-state index contributed by atoms with van der Waals surface area (Å²) in [5, 5.41) is 0. The highest BCUT2D eigenvalue weighted by Gasteiger charge is 1.97. The van der Waals surface area contributed by atoms with Crippen molar-refractivity contribution in [3.63, 3.8) is 0 Å². The molecular weight excluding hydrogens is 110 g/mol. The molecule has 1 rings (SSSR count). The molecule has 0 saturated heterocycles. The first-order valence-corrected chi connectivity index (χ1v) is 2.63. The van der Waals surface area contributed by atoms with E-state index in [-0.39, 0.29) is 5.56 Å². The topological polar surface area (TPSA) is 27.6 Å². The van der Waals surface area contributed by atoms with Crippen LogP contribution in [0.2, 0.25) is 4.24 Å². The number of hydrogen-bond acceptors (Lipinski definition) is 0. The first-order valence-electron chi connectivity index (χ1n) is 5.98. The fourth-order valence-electron chi connectivity index (χ4n) is 0.596. The van der Waals surface area contributed by atoms with Crippen molar-refractivity contribution in [1.29, 1.82) is 0 Å². The van der Waals surface area contributed by atoms with Gasteiger partial charge in [0.25, 0.3) is 0 Å². The molecular formula is C8H12N+. The Morgan fingerprint density at radius 2 is 2.44 bits per heavy atom. The highest BCUT2D eigenvalue weighted by Crippen LogP contribution is 2.04. The Balaban J connectivity index is 3.39. The van der Waals surface area contributed by atoms with Crippen molar-refractivity contribution in [2.24, 2.45) is 0 Å². The molecule has 0 heterocycles. The summed E-state index contributed by atoms with van der Waals surface area (Å²) >= 11 is 0. The summed E-state index contributed by atoms with van der Waals surface area (Å²) in [5.74, 6) is 0. The molecule has 1 nitrogen and oxygen atoms in total. The predicted molar refractivity (Wildman–Crippen MR) is 37.7 cm³/mol. The van der Waals surface area contributed by atoms with Gasteiger partial charge in [-0.25, -0.2) is 0 Å². The van der Waals surface area contributed by atoms with E-state index >= 15 is 0 Å². The lowest BCUT2D eigenvalue weighted by Gasteiger charge is -1.98. The van der Waals surface area contributed by atoms with Crippen LogP contribution in [0, 0.1) is 0 Å². The van der Waals surface area contributed by atoms with Gasteiger partial charge in [-0.2, -0.15) is 0 Å². The summed E-state index contributed by atoms with van der Waals surface area (Å²) in [6.07, 6.45) is 0. The molecule has 0 radical (unpaired) electrons. The lowest BCUT2D eigenvalue weighted by molar-refractivity contribution is -0.420. The maximum absolute atomic E-state index is 7.81. The van der Waals surface area contributed by atoms with Gasteiger partial charge in [0.15, 0.2) is 0 Å². The molecule has 0 spiro atoms. The van der Waals surface area contributed by atoms with Crippen LogP contribution in [0.15, 0.2) is 30.3 Å². The molecule has 1 aromatic carbocycles. The molecule has 0 saturated carbocycles. The average molecular weight is 129 g/mol. The Morgan fingerprint density at radius 3 is 3.00 bits per heavy atom. The Bertz CT molecular complexity index is 339. The lowest BCUT2D eigenvalue weighted by Crippen LogP contribution is -2.51. The second-order valence-corrected chi connectivity index (χ2v) is 1.71. The zero-order valence-corrected chi connectivity index (χ0v) is 4.83. The molecule has 3 N–H and O–H groups in total. The fraction of sp³-hybridized carbons (Fsp3) is 0.250. The van der Waals surface area contributed by atoms with E-state index in [2.05, 4.69) is 0 Å². The van der Waals surface area contributed by atoms with Crippen molar-refractivity contribution in [1.82, 2.24) is 0 Å². The van der Waals surface area contributed by atoms with Crippen LogP contribution in [0.4, 0.5) is 0 Å². The van der Waals surface area contributed by atoms with Gasteiger partial charge in [0.1, 0.15) is 7.39 Å². The third kappa shape index (κ3) is 1.54. The summed E-state index contributed by atoms with van der Waals surface area (Å²) in [6, 6.07) is 4.69. The zero-order valence-electron chi connectivity index (χ0n) is 11.8. The van der Waals surface area contributed by atoms with Crippen LogP contribution < -0.4 is 5.71 Å². The average Bonchev–Trinajstić information content (AvgIpc) is 2.14. The summed E-state index contributed by atoms with van der Waals surface area (Å²) in [6.45, 7) is -2.93. The van der Waals surface area contributed by atoms with E-state index in [0.717, 1.165) is 0 Å². The lowest BCUT2D eigenvalue weighted by atomic mass is 10.1. The van der Waals surface area contributed by atoms with E-state index in [4.69, 9.17) is 9.72 Å². The van der Waals surface area contributed by atoms with Crippen LogP contribution in [0.1, 0.15) is 23.9 Å². The molecule has 1 heteroatoms. The predicted octanol–water partition coefficient (Wildman–Crippen LogP) is 0.989. The Hall–Kier alpha value is -0.820. The number of quaternary nitrogens is 1. The van der Waals surface area contributed by atoms with Crippen molar-refractivity contribution in [3.05, 3.63) is 35.9 Å². The van der Waals surface area contributed by atoms with Crippen LogP contribution in [0.25, 0.3) is 0 Å². The Kier molecular flexibility index (Phi) is 0.538. The van der Waals surface area contributed by atoms with Gasteiger partial charge >= 0.3 is 4.24 Å². The van der Waals surface area contributed by atoms with E-state index in [1.165, 1.54) is 24.3 Å². The minimum atomic E-state index is -2.93. The summed E-state index contributed by atoms with van der Waals surface area (Å²) in [4.78, 5) is 0. The Morgan fingerprint density at radius 1 is 1.67 bits per heavy atom. The van der Waals surface area contributed by atoms with E-state index in [0.29, 0.717) is 0 Å². The van der Waals surface area contributed by atoms with Crippen LogP contribution in [0.5, 0.6) is 0 Å². The standard InChI is InChI=1S/C8H11N/c1-7(9)8-5-3-2-4-6-8/h2-7H,9H2,1H3/p+1/t7-/m1/s1/i1D3,7D/hD3. The third-order valence-electron chi connectivity index (χ3n) is 1.05. The van der Waals surface area contributed by atoms with E-state index in [9.17, 15) is 0 Å². The second-order valence-electron chi connectivity index (χ2n) is 1.71. The summed E-state index contributed by atoms with van der Waals surface area (Å²) < 4.78 is 51.2. The van der Waals surface area contributed by atoms with E-state index in [1.54, 1.807) is 6.07 Å². The molecule has 0 bridgehead atoms. The van der Waals surface area contributed by atoms with Crippen molar-refractivity contribution in [3.8, 4) is 0 Å². The van der Waals surface area contributed by atoms with Crippen molar-refractivity contribution in [2.45, 2.75) is 12.9 Å². The van der Waals surface area contributed by atoms with Gasteiger partial charge < -0.3 is 5.71 Å². The molecule has 0 aliphatic heterocycles. The highest BCUT2D eigenvalue weighted by atomic mass is 14.6. The normalized spacial score (nSPS) is 30.9. The first kappa shape index (κ1) is 1.83. The maximum atomic E-state index is 7.81. The van der Waals surface area contributed by atoms with E-state index in [1.807, 2.05) is 0 Å². The SMILES string of the molecule is [2H]C([2H])([2H])[C@]([2H])(c1ccccc1)[N+]([2H])([2H])[2H]. The van der Waals surface area contributed by atoms with Gasteiger partial charge in [0.05, 0.1) is 0 Å². The number of rotatable bonds is 2. The number of hydrogen-bond donors (Lipinski definition) is 1. The molecule has 48 valence electrons. The molecule has 0 fully saturated rings. The molecule has 0 aliphatic rings. The van der Waals surface area contributed by atoms with Gasteiger partial charge in [-0.1, -0.05) is 30.3 Å². The van der Waals surface area contributed by atoms with Crippen molar-refractivity contribution in [2.75, 3.05) is 0 Å². The van der Waals surface area contributed by atoms with Crippen LogP contribution in [-0.4, -0.2) is 0 Å². The second kappa shape index (κ2) is 2.65. The highest BCUT2D eigenvalue weighted by molar-refractivity contribution is 5.15. The first-order chi connectivity index (χ1) is 7.11. The molecule has 0 aliphatic carbocycles. The minimum absolute atomic E-state index is 0.0463. The van der Waals surface area contributed by atoms with Gasteiger partial charge in [-0.3, -0.25) is 0 Å². The minimum Gasteiger partial charge on any atom is -0.352 e. The molecule has 0 unspecified atom stereocenters. The molecule has 1 aromatic rings. The quantitative estimate of drug-likeness (QED) is 0.616. The van der Waals surface area contributed by atoms with Crippen molar-refractivity contribution < 1.29 is 15.4 Å². The van der Waals surface area contributed by atoms with Gasteiger partial charge in [-0.15, -0.1) is 0 Å². The Labute approximate surface area is 65.5 Å². The molecule has 0 amide bonds. The van der Waals surface area contributed by atoms with Crippen LogP contribution >= 0.6 is 0 Å². The van der Waals surface area contributed by atoms with Crippen LogP contribution in [0.3, 0.4) is 0 Å². The van der Waals surface area contributed by atoms with E-state index < -0.39 is 18.6 Å². The smallest absolute Gasteiger partial charge is 0.345 e. The van der Waals surface area contributed by atoms with Crippen LogP contribution in [-0.2, 0) is 0 Å². The molecule has 9 heavy (non-hydrogen) atoms. The monoisotopic (exact) mass is 129 g/mol. The van der Waals surface area contributed by atoms with Gasteiger partial charge in [0, 0.05) is 9.68 Å². The third-order valence-corrected chi connectivity index (χ3v) is 1.05. The molecule has 0 aromatic heterocycles. The number of benzene rings is 1. The van der Waals surface area contributed by atoms with Crippen molar-refractivity contribution >= 4 is 0 Å². The van der Waals surface area contributed by atoms with Gasteiger partial charge in [0.2, 0.25) is 0 Å². The fourth-order valence-corrected chi connectivity index (χ4v) is 0.596. The zero-order chi connectivity index (χ0) is 12.6. The molecule has 1 atom stereocenters.